The summed E-state index contributed by atoms with van der Waals surface area (Å²) in [5, 5.41) is 8.73. The van der Waals surface area contributed by atoms with Crippen LogP contribution in [0.1, 0.15) is 35.5 Å². The van der Waals surface area contributed by atoms with E-state index in [-0.39, 0.29) is 11.5 Å². The molecule has 7 nitrogen and oxygen atoms in total. The van der Waals surface area contributed by atoms with Gasteiger partial charge in [-0.25, -0.2) is 0 Å². The standard InChI is InChI=1S/C29H27N5O2/c1-19-26-18-31-34(25-7-5-4-6-8-25)29(36)27(26)20(2)33(19)21(3)28(35)32-24-11-9-22(10-12-24)17-23-13-15-30-16-14-23/h4-16,18,21H,17H2,1-3H3,(H,32,35). The smallest absolute Gasteiger partial charge is 0.281 e. The molecule has 0 fully saturated rings. The summed E-state index contributed by atoms with van der Waals surface area (Å²) in [5.41, 5.74) is 5.14. The number of amides is 1. The summed E-state index contributed by atoms with van der Waals surface area (Å²) in [7, 11) is 0. The van der Waals surface area contributed by atoms with Gasteiger partial charge in [-0.2, -0.15) is 9.78 Å². The van der Waals surface area contributed by atoms with Crippen molar-refractivity contribution in [2.24, 2.45) is 0 Å². The summed E-state index contributed by atoms with van der Waals surface area (Å²) in [6.45, 7) is 5.64. The highest BCUT2D eigenvalue weighted by molar-refractivity contribution is 5.95. The van der Waals surface area contributed by atoms with Crippen molar-refractivity contribution >= 4 is 22.4 Å². The predicted octanol–water partition coefficient (Wildman–Crippen LogP) is 4.99. The number of para-hydroxylation sites is 1. The Hall–Kier alpha value is -4.52. The fourth-order valence-electron chi connectivity index (χ4n) is 4.72. The van der Waals surface area contributed by atoms with Gasteiger partial charge in [0.25, 0.3) is 5.56 Å². The molecule has 3 heterocycles. The zero-order chi connectivity index (χ0) is 25.2. The average Bonchev–Trinajstić information content (AvgIpc) is 3.16. The lowest BCUT2D eigenvalue weighted by molar-refractivity contribution is -0.118. The van der Waals surface area contributed by atoms with E-state index in [0.717, 1.165) is 34.4 Å². The molecular weight excluding hydrogens is 450 g/mol. The number of rotatable bonds is 6. The van der Waals surface area contributed by atoms with Gasteiger partial charge in [-0.15, -0.1) is 0 Å². The van der Waals surface area contributed by atoms with Gasteiger partial charge in [0, 0.05) is 34.9 Å². The van der Waals surface area contributed by atoms with Gasteiger partial charge in [0.15, 0.2) is 0 Å². The Kier molecular flexibility index (Phi) is 6.21. The molecule has 2 aromatic carbocycles. The van der Waals surface area contributed by atoms with E-state index in [4.69, 9.17) is 0 Å². The highest BCUT2D eigenvalue weighted by Crippen LogP contribution is 2.27. The Morgan fingerprint density at radius 1 is 0.917 bits per heavy atom. The van der Waals surface area contributed by atoms with Gasteiger partial charge in [0.05, 0.1) is 17.3 Å². The maximum Gasteiger partial charge on any atom is 0.281 e. The van der Waals surface area contributed by atoms with Crippen LogP contribution in [0.4, 0.5) is 5.69 Å². The van der Waals surface area contributed by atoms with E-state index in [1.165, 1.54) is 10.2 Å². The molecule has 1 amide bonds. The molecule has 0 radical (unpaired) electrons. The van der Waals surface area contributed by atoms with E-state index in [9.17, 15) is 9.59 Å². The molecular formula is C29H27N5O2. The summed E-state index contributed by atoms with van der Waals surface area (Å²) in [5.74, 6) is -0.153. The van der Waals surface area contributed by atoms with Gasteiger partial charge in [0.2, 0.25) is 5.91 Å². The molecule has 7 heteroatoms. The van der Waals surface area contributed by atoms with E-state index in [1.54, 1.807) is 18.6 Å². The average molecular weight is 478 g/mol. The summed E-state index contributed by atoms with van der Waals surface area (Å²) < 4.78 is 3.31. The molecule has 1 unspecified atom stereocenters. The number of nitrogens with one attached hydrogen (secondary N) is 1. The van der Waals surface area contributed by atoms with Crippen molar-refractivity contribution < 1.29 is 4.79 Å². The second kappa shape index (κ2) is 9.62. The van der Waals surface area contributed by atoms with Crippen LogP contribution in [0.2, 0.25) is 0 Å². The lowest BCUT2D eigenvalue weighted by atomic mass is 10.1. The van der Waals surface area contributed by atoms with Gasteiger partial charge in [-0.05, 0) is 74.7 Å². The van der Waals surface area contributed by atoms with Crippen molar-refractivity contribution in [3.05, 3.63) is 118 Å². The molecule has 180 valence electrons. The zero-order valence-electron chi connectivity index (χ0n) is 20.5. The number of nitrogens with zero attached hydrogens (tertiary/aromatic N) is 4. The molecule has 1 atom stereocenters. The molecule has 0 bridgehead atoms. The van der Waals surface area contributed by atoms with Crippen LogP contribution in [0.15, 0.2) is 90.1 Å². The van der Waals surface area contributed by atoms with Crippen molar-refractivity contribution in [1.29, 1.82) is 0 Å². The van der Waals surface area contributed by atoms with Gasteiger partial charge in [-0.3, -0.25) is 14.6 Å². The number of carbonyl (C=O) groups excluding carboxylic acids is 1. The predicted molar refractivity (Wildman–Crippen MR) is 142 cm³/mol. The first kappa shape index (κ1) is 23.2. The highest BCUT2D eigenvalue weighted by atomic mass is 16.2. The summed E-state index contributed by atoms with van der Waals surface area (Å²) >= 11 is 0. The molecule has 36 heavy (non-hydrogen) atoms. The van der Waals surface area contributed by atoms with E-state index in [1.807, 2.05) is 92.1 Å². The van der Waals surface area contributed by atoms with Crippen LogP contribution in [0.25, 0.3) is 16.5 Å². The third-order valence-corrected chi connectivity index (χ3v) is 6.60. The largest absolute Gasteiger partial charge is 0.336 e. The monoisotopic (exact) mass is 477 g/mol. The zero-order valence-corrected chi connectivity index (χ0v) is 20.5. The second-order valence-electron chi connectivity index (χ2n) is 8.92. The van der Waals surface area contributed by atoms with E-state index in [2.05, 4.69) is 15.4 Å². The van der Waals surface area contributed by atoms with Crippen molar-refractivity contribution in [3.8, 4) is 5.69 Å². The molecule has 0 spiro atoms. The molecule has 5 aromatic rings. The Labute approximate surface area is 209 Å². The van der Waals surface area contributed by atoms with Crippen LogP contribution in [-0.4, -0.2) is 25.2 Å². The molecule has 0 aliphatic carbocycles. The number of aryl methyl sites for hydroxylation is 2. The number of fused-ring (bicyclic) bond motifs is 1. The third kappa shape index (κ3) is 4.31. The quantitative estimate of drug-likeness (QED) is 0.374. The number of aromatic nitrogens is 4. The first-order chi connectivity index (χ1) is 17.4. The van der Waals surface area contributed by atoms with Crippen LogP contribution >= 0.6 is 0 Å². The molecule has 1 N–H and O–H groups in total. The van der Waals surface area contributed by atoms with Crippen LogP contribution in [-0.2, 0) is 11.2 Å². The van der Waals surface area contributed by atoms with Crippen LogP contribution < -0.4 is 10.9 Å². The topological polar surface area (TPSA) is 81.8 Å². The Bertz CT molecular complexity index is 1590. The normalized spacial score (nSPS) is 12.0. The SMILES string of the molecule is Cc1c2cnn(-c3ccccc3)c(=O)c2c(C)n1C(C)C(=O)Nc1ccc(Cc2ccncc2)cc1. The maximum absolute atomic E-state index is 13.3. The van der Waals surface area contributed by atoms with Crippen molar-refractivity contribution in [2.75, 3.05) is 5.32 Å². The lowest BCUT2D eigenvalue weighted by Crippen LogP contribution is -2.25. The van der Waals surface area contributed by atoms with E-state index >= 15 is 0 Å². The van der Waals surface area contributed by atoms with Crippen molar-refractivity contribution in [1.82, 2.24) is 19.3 Å². The minimum atomic E-state index is -0.515. The van der Waals surface area contributed by atoms with E-state index < -0.39 is 6.04 Å². The first-order valence-corrected chi connectivity index (χ1v) is 11.9. The van der Waals surface area contributed by atoms with Gasteiger partial charge < -0.3 is 9.88 Å². The van der Waals surface area contributed by atoms with Crippen LogP contribution in [0.3, 0.4) is 0 Å². The Morgan fingerprint density at radius 2 is 1.58 bits per heavy atom. The summed E-state index contributed by atoms with van der Waals surface area (Å²) in [6, 6.07) is 20.6. The minimum Gasteiger partial charge on any atom is -0.336 e. The van der Waals surface area contributed by atoms with Crippen LogP contribution in [0, 0.1) is 13.8 Å². The first-order valence-electron chi connectivity index (χ1n) is 11.9. The maximum atomic E-state index is 13.3. The van der Waals surface area contributed by atoms with Gasteiger partial charge in [0.1, 0.15) is 6.04 Å². The summed E-state index contributed by atoms with van der Waals surface area (Å²) in [6.07, 6.45) is 6.07. The molecule has 5 rings (SSSR count). The lowest BCUT2D eigenvalue weighted by Gasteiger charge is -2.18. The fraction of sp³-hybridized carbons (Fsp3) is 0.172. The number of anilines is 1. The Balaban J connectivity index is 1.39. The number of carbonyl (C=O) groups is 1. The van der Waals surface area contributed by atoms with Crippen LogP contribution in [0.5, 0.6) is 0 Å². The van der Waals surface area contributed by atoms with Gasteiger partial charge >= 0.3 is 0 Å². The number of hydrogen-bond donors (Lipinski definition) is 1. The number of benzene rings is 2. The fourth-order valence-corrected chi connectivity index (χ4v) is 4.72. The highest BCUT2D eigenvalue weighted by Gasteiger charge is 2.23. The van der Waals surface area contributed by atoms with Gasteiger partial charge in [-0.1, -0.05) is 30.3 Å². The molecule has 0 saturated heterocycles. The molecule has 0 saturated carbocycles. The second-order valence-corrected chi connectivity index (χ2v) is 8.92. The van der Waals surface area contributed by atoms with Crippen molar-refractivity contribution in [3.63, 3.8) is 0 Å². The van der Waals surface area contributed by atoms with Crippen molar-refractivity contribution in [2.45, 2.75) is 33.2 Å². The molecule has 0 aliphatic rings. The Morgan fingerprint density at radius 3 is 2.28 bits per heavy atom. The molecule has 0 aliphatic heterocycles. The summed E-state index contributed by atoms with van der Waals surface area (Å²) in [4.78, 5) is 30.6. The molecule has 3 aromatic heterocycles. The van der Waals surface area contributed by atoms with E-state index in [0.29, 0.717) is 11.1 Å². The number of hydrogen-bond acceptors (Lipinski definition) is 4. The number of pyridine rings is 1. The third-order valence-electron chi connectivity index (χ3n) is 6.60. The minimum absolute atomic E-state index is 0.153.